The van der Waals surface area contributed by atoms with Crippen LogP contribution in [0.4, 0.5) is 17.6 Å². The maximum absolute atomic E-state index is 14.1. The van der Waals surface area contributed by atoms with Crippen LogP contribution in [0.25, 0.3) is 0 Å². The highest BCUT2D eigenvalue weighted by atomic mass is 19.2. The molecule has 0 heterocycles. The standard InChI is InChI=1S/C25H17BF4O3/c27-20-16-21(23(29)24(30)22(20)28)32-26(31)33-25(17-10-4-1-5-11-17,18-12-6-2-7-13-18)19-14-8-3-9-15-19/h1-16,31H. The van der Waals surface area contributed by atoms with Gasteiger partial charge in [0.2, 0.25) is 11.6 Å². The lowest BCUT2D eigenvalue weighted by atomic mass is 9.79. The van der Waals surface area contributed by atoms with Crippen molar-refractivity contribution in [2.75, 3.05) is 0 Å². The molecule has 4 aromatic carbocycles. The van der Waals surface area contributed by atoms with Crippen LogP contribution in [0.1, 0.15) is 16.7 Å². The minimum Gasteiger partial charge on any atom is -0.509 e. The molecule has 8 heteroatoms. The molecule has 0 aliphatic heterocycles. The molecule has 0 aliphatic carbocycles. The Morgan fingerprint density at radius 1 is 0.606 bits per heavy atom. The Hall–Kier alpha value is -3.62. The van der Waals surface area contributed by atoms with Crippen molar-refractivity contribution >= 4 is 7.32 Å². The van der Waals surface area contributed by atoms with Crippen LogP contribution in [0, 0.1) is 23.3 Å². The summed E-state index contributed by atoms with van der Waals surface area (Å²) >= 11 is 0. The second-order valence-electron chi connectivity index (χ2n) is 7.12. The van der Waals surface area contributed by atoms with E-state index in [2.05, 4.69) is 0 Å². The van der Waals surface area contributed by atoms with Crippen molar-refractivity contribution in [3.63, 3.8) is 0 Å². The van der Waals surface area contributed by atoms with E-state index in [0.29, 0.717) is 22.8 Å². The SMILES string of the molecule is OB(Oc1cc(F)c(F)c(F)c1F)OC(c1ccccc1)(c1ccccc1)c1ccccc1. The molecule has 0 saturated carbocycles. The van der Waals surface area contributed by atoms with Crippen LogP contribution >= 0.6 is 0 Å². The topological polar surface area (TPSA) is 38.7 Å². The Labute approximate surface area is 188 Å². The smallest absolute Gasteiger partial charge is 0.509 e. The molecule has 0 bridgehead atoms. The lowest BCUT2D eigenvalue weighted by molar-refractivity contribution is 0.0852. The van der Waals surface area contributed by atoms with Crippen molar-refractivity contribution in [3.8, 4) is 5.75 Å². The van der Waals surface area contributed by atoms with Crippen LogP contribution in [0.15, 0.2) is 97.1 Å². The Kier molecular flexibility index (Phi) is 6.49. The molecule has 33 heavy (non-hydrogen) atoms. The van der Waals surface area contributed by atoms with E-state index in [4.69, 9.17) is 9.31 Å². The fraction of sp³-hybridized carbons (Fsp3) is 0.0400. The van der Waals surface area contributed by atoms with Crippen LogP contribution in [0.3, 0.4) is 0 Å². The number of hydrogen-bond acceptors (Lipinski definition) is 3. The van der Waals surface area contributed by atoms with Crippen molar-refractivity contribution in [1.29, 1.82) is 0 Å². The lowest BCUT2D eigenvalue weighted by Gasteiger charge is -2.36. The van der Waals surface area contributed by atoms with Crippen LogP contribution in [0.5, 0.6) is 5.75 Å². The summed E-state index contributed by atoms with van der Waals surface area (Å²) < 4.78 is 65.7. The van der Waals surface area contributed by atoms with E-state index >= 15 is 0 Å². The first-order valence-corrected chi connectivity index (χ1v) is 9.95. The molecule has 1 N–H and O–H groups in total. The fourth-order valence-corrected chi connectivity index (χ4v) is 3.64. The Morgan fingerprint density at radius 3 is 1.45 bits per heavy atom. The van der Waals surface area contributed by atoms with Crippen LogP contribution < -0.4 is 4.65 Å². The van der Waals surface area contributed by atoms with Gasteiger partial charge < -0.3 is 14.3 Å². The van der Waals surface area contributed by atoms with Crippen molar-refractivity contribution < 1.29 is 31.9 Å². The maximum atomic E-state index is 14.1. The van der Waals surface area contributed by atoms with Gasteiger partial charge in [0, 0.05) is 6.07 Å². The summed E-state index contributed by atoms with van der Waals surface area (Å²) in [6.07, 6.45) is 0. The van der Waals surface area contributed by atoms with Gasteiger partial charge in [-0.15, -0.1) is 0 Å². The Balaban J connectivity index is 1.83. The molecule has 0 aromatic heterocycles. The van der Waals surface area contributed by atoms with Gasteiger partial charge >= 0.3 is 7.32 Å². The highest BCUT2D eigenvalue weighted by molar-refractivity contribution is 6.36. The minimum absolute atomic E-state index is 0.301. The summed E-state index contributed by atoms with van der Waals surface area (Å²) in [5.41, 5.74) is 0.350. The van der Waals surface area contributed by atoms with Crippen molar-refractivity contribution in [3.05, 3.63) is 137 Å². The van der Waals surface area contributed by atoms with Gasteiger partial charge in [-0.05, 0) is 16.7 Å². The first kappa shape index (κ1) is 22.6. The third-order valence-corrected chi connectivity index (χ3v) is 5.12. The van der Waals surface area contributed by atoms with Gasteiger partial charge in [0.15, 0.2) is 11.6 Å². The quantitative estimate of drug-likeness (QED) is 0.130. The molecule has 4 aromatic rings. The molecule has 0 amide bonds. The molecule has 166 valence electrons. The molecule has 0 aliphatic rings. The van der Waals surface area contributed by atoms with Crippen molar-refractivity contribution in [1.82, 2.24) is 0 Å². The molecule has 0 unspecified atom stereocenters. The van der Waals surface area contributed by atoms with Gasteiger partial charge in [0.05, 0.1) is 0 Å². The molecule has 3 nitrogen and oxygen atoms in total. The average molecular weight is 452 g/mol. The van der Waals surface area contributed by atoms with Gasteiger partial charge in [-0.1, -0.05) is 91.0 Å². The molecular formula is C25H17BF4O3. The fourth-order valence-electron chi connectivity index (χ4n) is 3.64. The molecule has 0 radical (unpaired) electrons. The van der Waals surface area contributed by atoms with Gasteiger partial charge in [0.25, 0.3) is 0 Å². The Bertz CT molecular complexity index is 1130. The summed E-state index contributed by atoms with van der Waals surface area (Å²) in [4.78, 5) is 0. The van der Waals surface area contributed by atoms with E-state index in [-0.39, 0.29) is 0 Å². The highest BCUT2D eigenvalue weighted by Crippen LogP contribution is 2.41. The van der Waals surface area contributed by atoms with Crippen LogP contribution in [-0.4, -0.2) is 12.3 Å². The van der Waals surface area contributed by atoms with E-state index in [0.717, 1.165) is 0 Å². The minimum atomic E-state index is -2.19. The zero-order chi connectivity index (χ0) is 23.4. The highest BCUT2D eigenvalue weighted by Gasteiger charge is 2.43. The van der Waals surface area contributed by atoms with Gasteiger partial charge in [0.1, 0.15) is 11.4 Å². The summed E-state index contributed by atoms with van der Waals surface area (Å²) in [6.45, 7) is 0. The zero-order valence-electron chi connectivity index (χ0n) is 17.1. The second-order valence-corrected chi connectivity index (χ2v) is 7.12. The van der Waals surface area contributed by atoms with Gasteiger partial charge in [-0.3, -0.25) is 0 Å². The third-order valence-electron chi connectivity index (χ3n) is 5.12. The monoisotopic (exact) mass is 452 g/mol. The van der Waals surface area contributed by atoms with Gasteiger partial charge in [-0.2, -0.15) is 4.39 Å². The summed E-state index contributed by atoms with van der Waals surface area (Å²) in [5.74, 6) is -8.54. The largest absolute Gasteiger partial charge is 0.711 e. The van der Waals surface area contributed by atoms with E-state index in [1.807, 2.05) is 0 Å². The van der Waals surface area contributed by atoms with E-state index < -0.39 is 41.9 Å². The lowest BCUT2D eigenvalue weighted by Crippen LogP contribution is -2.42. The number of hydrogen-bond donors (Lipinski definition) is 1. The van der Waals surface area contributed by atoms with E-state index in [1.54, 1.807) is 91.0 Å². The second kappa shape index (κ2) is 9.48. The predicted molar refractivity (Wildman–Crippen MR) is 115 cm³/mol. The van der Waals surface area contributed by atoms with Crippen molar-refractivity contribution in [2.45, 2.75) is 5.60 Å². The molecule has 4 rings (SSSR count). The summed E-state index contributed by atoms with van der Waals surface area (Å²) in [7, 11) is -2.19. The summed E-state index contributed by atoms with van der Waals surface area (Å²) in [6, 6.07) is 27.0. The Morgan fingerprint density at radius 2 is 1.03 bits per heavy atom. The number of halogens is 4. The first-order valence-electron chi connectivity index (χ1n) is 9.95. The third kappa shape index (κ3) is 4.35. The first-order chi connectivity index (χ1) is 15.9. The van der Waals surface area contributed by atoms with Crippen LogP contribution in [-0.2, 0) is 10.3 Å². The number of benzene rings is 4. The predicted octanol–water partition coefficient (Wildman–Crippen LogP) is 5.61. The van der Waals surface area contributed by atoms with E-state index in [1.165, 1.54) is 0 Å². The molecule has 0 spiro atoms. The summed E-state index contributed by atoms with van der Waals surface area (Å²) in [5, 5.41) is 10.6. The van der Waals surface area contributed by atoms with Crippen molar-refractivity contribution in [2.24, 2.45) is 0 Å². The van der Waals surface area contributed by atoms with E-state index in [9.17, 15) is 22.6 Å². The number of rotatable bonds is 7. The normalized spacial score (nSPS) is 11.3. The van der Waals surface area contributed by atoms with Gasteiger partial charge in [-0.25, -0.2) is 13.2 Å². The molecule has 0 saturated heterocycles. The molecular weight excluding hydrogens is 435 g/mol. The van der Waals surface area contributed by atoms with Crippen LogP contribution in [0.2, 0.25) is 0 Å². The molecule has 0 atom stereocenters. The molecule has 0 fully saturated rings. The average Bonchev–Trinajstić information content (AvgIpc) is 2.86. The maximum Gasteiger partial charge on any atom is 0.711 e. The zero-order valence-corrected chi connectivity index (χ0v) is 17.1.